The minimum absolute atomic E-state index is 0.0633. The first-order valence-electron chi connectivity index (χ1n) is 10.1. The normalized spacial score (nSPS) is 20.3. The lowest BCUT2D eigenvalue weighted by atomic mass is 9.73. The first-order chi connectivity index (χ1) is 13.9. The van der Waals surface area contributed by atoms with Crippen molar-refractivity contribution in [3.63, 3.8) is 0 Å². The molecule has 8 heteroatoms. The molecule has 0 radical (unpaired) electrons. The van der Waals surface area contributed by atoms with Crippen LogP contribution >= 0.6 is 0 Å². The van der Waals surface area contributed by atoms with E-state index in [1.165, 1.54) is 12.1 Å². The molecule has 0 aliphatic heterocycles. The Balaban J connectivity index is 1.93. The molecule has 30 heavy (non-hydrogen) atoms. The van der Waals surface area contributed by atoms with Crippen LogP contribution in [-0.2, 0) is 33.1 Å². The minimum atomic E-state index is -4.32. The van der Waals surface area contributed by atoms with Crippen LogP contribution in [0.5, 0.6) is 0 Å². The Morgan fingerprint density at radius 3 is 1.43 bits per heavy atom. The van der Waals surface area contributed by atoms with Crippen LogP contribution < -0.4 is 0 Å². The Hall–Kier alpha value is -1.74. The van der Waals surface area contributed by atoms with Crippen LogP contribution in [0.2, 0.25) is 0 Å². The van der Waals surface area contributed by atoms with Gasteiger partial charge in [-0.15, -0.1) is 0 Å². The SMILES string of the molecule is Cc1ccc(S(=O)(=O)O)c(C[C@H]2CCCC[C@@H]2Cc2cc(C)ccc2S(=O)(=O)O)c1. The summed E-state index contributed by atoms with van der Waals surface area (Å²) in [6.07, 6.45) is 4.83. The number of benzene rings is 2. The van der Waals surface area contributed by atoms with Crippen molar-refractivity contribution in [1.29, 1.82) is 0 Å². The average molecular weight is 453 g/mol. The van der Waals surface area contributed by atoms with E-state index in [-0.39, 0.29) is 21.6 Å². The zero-order valence-electron chi connectivity index (χ0n) is 17.2. The van der Waals surface area contributed by atoms with Crippen molar-refractivity contribution in [2.24, 2.45) is 11.8 Å². The zero-order chi connectivity index (χ0) is 22.1. The quantitative estimate of drug-likeness (QED) is 0.629. The molecule has 164 valence electrons. The van der Waals surface area contributed by atoms with Crippen molar-refractivity contribution >= 4 is 20.2 Å². The van der Waals surface area contributed by atoms with E-state index in [1.807, 2.05) is 13.8 Å². The lowest BCUT2D eigenvalue weighted by Gasteiger charge is -2.32. The van der Waals surface area contributed by atoms with Gasteiger partial charge in [-0.25, -0.2) is 0 Å². The molecule has 2 N–H and O–H groups in total. The Kier molecular flexibility index (Phi) is 6.72. The van der Waals surface area contributed by atoms with Gasteiger partial charge in [-0.05, 0) is 74.6 Å². The first-order valence-corrected chi connectivity index (χ1v) is 13.0. The molecule has 1 aliphatic rings. The van der Waals surface area contributed by atoms with E-state index in [0.717, 1.165) is 36.8 Å². The van der Waals surface area contributed by atoms with Crippen molar-refractivity contribution in [2.75, 3.05) is 0 Å². The van der Waals surface area contributed by atoms with Gasteiger partial charge in [0.1, 0.15) is 0 Å². The number of hydrogen-bond donors (Lipinski definition) is 2. The highest BCUT2D eigenvalue weighted by Gasteiger charge is 2.29. The van der Waals surface area contributed by atoms with Gasteiger partial charge in [0.2, 0.25) is 0 Å². The molecule has 0 spiro atoms. The third kappa shape index (κ3) is 5.49. The number of aryl methyl sites for hydroxylation is 2. The molecule has 0 amide bonds. The Morgan fingerprint density at radius 1 is 0.733 bits per heavy atom. The highest BCUT2D eigenvalue weighted by molar-refractivity contribution is 7.86. The molecule has 6 nitrogen and oxygen atoms in total. The van der Waals surface area contributed by atoms with E-state index < -0.39 is 20.2 Å². The van der Waals surface area contributed by atoms with Gasteiger partial charge >= 0.3 is 0 Å². The number of hydrogen-bond acceptors (Lipinski definition) is 4. The van der Waals surface area contributed by atoms with Gasteiger partial charge in [-0.1, -0.05) is 48.2 Å². The molecule has 0 saturated heterocycles. The molecule has 1 fully saturated rings. The summed E-state index contributed by atoms with van der Waals surface area (Å²) in [5, 5.41) is 0. The molecule has 2 aromatic carbocycles. The maximum Gasteiger partial charge on any atom is 0.294 e. The second-order valence-electron chi connectivity index (χ2n) is 8.39. The summed E-state index contributed by atoms with van der Waals surface area (Å²) in [6.45, 7) is 3.75. The summed E-state index contributed by atoms with van der Waals surface area (Å²) in [6, 6.07) is 9.80. The topological polar surface area (TPSA) is 109 Å². The summed E-state index contributed by atoms with van der Waals surface area (Å²) >= 11 is 0. The van der Waals surface area contributed by atoms with E-state index >= 15 is 0 Å². The summed E-state index contributed by atoms with van der Waals surface area (Å²) in [5.41, 5.74) is 3.01. The summed E-state index contributed by atoms with van der Waals surface area (Å²) in [5.74, 6) is 0.298. The highest BCUT2D eigenvalue weighted by Crippen LogP contribution is 2.37. The predicted molar refractivity (Wildman–Crippen MR) is 115 cm³/mol. The molecule has 0 heterocycles. The van der Waals surface area contributed by atoms with Gasteiger partial charge in [-0.2, -0.15) is 16.8 Å². The standard InChI is InChI=1S/C22H28O6S2/c1-15-7-9-21(29(23,24)25)19(11-15)13-17-5-3-4-6-18(17)14-20-12-16(2)8-10-22(20)30(26,27)28/h7-12,17-18H,3-6,13-14H2,1-2H3,(H,23,24,25)(H,26,27,28)/t17-,18-/m1/s1. The van der Waals surface area contributed by atoms with Crippen LogP contribution in [0.25, 0.3) is 0 Å². The fraction of sp³-hybridized carbons (Fsp3) is 0.455. The Morgan fingerprint density at radius 2 is 1.10 bits per heavy atom. The molecule has 1 saturated carbocycles. The maximum absolute atomic E-state index is 11.8. The van der Waals surface area contributed by atoms with E-state index in [1.54, 1.807) is 24.3 Å². The van der Waals surface area contributed by atoms with Gasteiger partial charge in [0.15, 0.2) is 0 Å². The van der Waals surface area contributed by atoms with E-state index in [0.29, 0.717) is 24.0 Å². The molecule has 0 unspecified atom stereocenters. The molecule has 3 rings (SSSR count). The van der Waals surface area contributed by atoms with Crippen molar-refractivity contribution in [3.05, 3.63) is 58.7 Å². The molecular formula is C22H28O6S2. The smallest absolute Gasteiger partial charge is 0.282 e. The summed E-state index contributed by atoms with van der Waals surface area (Å²) < 4.78 is 66.6. The lowest BCUT2D eigenvalue weighted by Crippen LogP contribution is -2.25. The molecule has 0 bridgehead atoms. The third-order valence-corrected chi connectivity index (χ3v) is 7.93. The fourth-order valence-corrected chi connectivity index (χ4v) is 6.05. The van der Waals surface area contributed by atoms with Gasteiger partial charge in [0.25, 0.3) is 20.2 Å². The molecule has 0 aromatic heterocycles. The van der Waals surface area contributed by atoms with Gasteiger partial charge in [0.05, 0.1) is 9.79 Å². The van der Waals surface area contributed by atoms with Crippen LogP contribution in [0.1, 0.15) is 47.9 Å². The molecule has 2 aromatic rings. The second kappa shape index (κ2) is 8.78. The van der Waals surface area contributed by atoms with Crippen LogP contribution in [0, 0.1) is 25.7 Å². The Bertz CT molecular complexity index is 1040. The van der Waals surface area contributed by atoms with Crippen LogP contribution in [-0.4, -0.2) is 25.9 Å². The van der Waals surface area contributed by atoms with Crippen LogP contribution in [0.4, 0.5) is 0 Å². The molecule has 2 atom stereocenters. The zero-order valence-corrected chi connectivity index (χ0v) is 18.8. The minimum Gasteiger partial charge on any atom is -0.282 e. The highest BCUT2D eigenvalue weighted by atomic mass is 32.2. The van der Waals surface area contributed by atoms with Crippen molar-refractivity contribution in [2.45, 2.75) is 62.2 Å². The Labute approximate surface area is 178 Å². The third-order valence-electron chi connectivity index (χ3n) is 6.02. The second-order valence-corrected chi connectivity index (χ2v) is 11.2. The summed E-state index contributed by atoms with van der Waals surface area (Å²) in [7, 11) is -8.64. The molecule has 1 aliphatic carbocycles. The van der Waals surface area contributed by atoms with Crippen LogP contribution in [0.15, 0.2) is 46.2 Å². The largest absolute Gasteiger partial charge is 0.294 e. The van der Waals surface area contributed by atoms with E-state index in [9.17, 15) is 25.9 Å². The maximum atomic E-state index is 11.8. The van der Waals surface area contributed by atoms with E-state index in [2.05, 4.69) is 0 Å². The van der Waals surface area contributed by atoms with Crippen molar-refractivity contribution < 1.29 is 25.9 Å². The number of rotatable bonds is 6. The first kappa shape index (κ1) is 22.9. The monoisotopic (exact) mass is 452 g/mol. The average Bonchev–Trinajstić information content (AvgIpc) is 2.61. The molecular weight excluding hydrogens is 424 g/mol. The van der Waals surface area contributed by atoms with Crippen molar-refractivity contribution in [1.82, 2.24) is 0 Å². The summed E-state index contributed by atoms with van der Waals surface area (Å²) in [4.78, 5) is -0.127. The predicted octanol–water partition coefficient (Wildman–Crippen LogP) is 4.39. The van der Waals surface area contributed by atoms with E-state index in [4.69, 9.17) is 0 Å². The van der Waals surface area contributed by atoms with Crippen molar-refractivity contribution in [3.8, 4) is 0 Å². The fourth-order valence-electron chi connectivity index (χ4n) is 4.63. The van der Waals surface area contributed by atoms with Gasteiger partial charge in [-0.3, -0.25) is 9.11 Å². The lowest BCUT2D eigenvalue weighted by molar-refractivity contribution is 0.232. The van der Waals surface area contributed by atoms with Gasteiger partial charge < -0.3 is 0 Å². The van der Waals surface area contributed by atoms with Gasteiger partial charge in [0, 0.05) is 0 Å². The van der Waals surface area contributed by atoms with Crippen LogP contribution in [0.3, 0.4) is 0 Å².